The zero-order chi connectivity index (χ0) is 19.4. The van der Waals surface area contributed by atoms with E-state index in [9.17, 15) is 4.79 Å². The van der Waals surface area contributed by atoms with Crippen LogP contribution in [0.4, 0.5) is 17.5 Å². The summed E-state index contributed by atoms with van der Waals surface area (Å²) in [6.45, 7) is 7.65. The molecule has 1 aliphatic heterocycles. The fourth-order valence-corrected chi connectivity index (χ4v) is 3.16. The van der Waals surface area contributed by atoms with Crippen molar-refractivity contribution in [1.82, 2.24) is 14.9 Å². The van der Waals surface area contributed by atoms with Crippen LogP contribution in [0.15, 0.2) is 30.3 Å². The van der Waals surface area contributed by atoms with Crippen molar-refractivity contribution in [3.8, 4) is 0 Å². The predicted octanol–water partition coefficient (Wildman–Crippen LogP) is 2.25. The molecule has 7 heteroatoms. The van der Waals surface area contributed by atoms with Gasteiger partial charge in [0.05, 0.1) is 0 Å². The van der Waals surface area contributed by atoms with Gasteiger partial charge in [0.1, 0.15) is 5.82 Å². The van der Waals surface area contributed by atoms with E-state index >= 15 is 0 Å². The van der Waals surface area contributed by atoms with Crippen LogP contribution in [0.1, 0.15) is 23.0 Å². The molecule has 0 unspecified atom stereocenters. The number of aryl methyl sites for hydroxylation is 1. The second-order valence-electron chi connectivity index (χ2n) is 6.95. The van der Waals surface area contributed by atoms with E-state index in [1.54, 1.807) is 0 Å². The lowest BCUT2D eigenvalue weighted by molar-refractivity contribution is 0.0746. The van der Waals surface area contributed by atoms with E-state index < -0.39 is 0 Å². The number of carbonyl (C=O) groups excluding carboxylic acids is 1. The monoisotopic (exact) mass is 368 g/mol. The number of rotatable bonds is 5. The summed E-state index contributed by atoms with van der Waals surface area (Å²) in [4.78, 5) is 28.0. The molecule has 1 saturated heterocycles. The molecule has 2 aromatic rings. The molecule has 3 rings (SSSR count). The van der Waals surface area contributed by atoms with E-state index in [-0.39, 0.29) is 5.91 Å². The first-order valence-electron chi connectivity index (χ1n) is 9.39. The summed E-state index contributed by atoms with van der Waals surface area (Å²) in [5.74, 6) is 1.66. The van der Waals surface area contributed by atoms with E-state index in [2.05, 4.69) is 20.2 Å². The van der Waals surface area contributed by atoms with E-state index in [1.807, 2.05) is 68.1 Å². The van der Waals surface area contributed by atoms with Gasteiger partial charge in [0.2, 0.25) is 5.95 Å². The molecule has 1 aromatic carbocycles. The van der Waals surface area contributed by atoms with Crippen LogP contribution in [0.2, 0.25) is 0 Å². The van der Waals surface area contributed by atoms with Crippen molar-refractivity contribution in [3.63, 3.8) is 0 Å². The lowest BCUT2D eigenvalue weighted by Crippen LogP contribution is -2.49. The van der Waals surface area contributed by atoms with Crippen LogP contribution in [0.25, 0.3) is 0 Å². The summed E-state index contributed by atoms with van der Waals surface area (Å²) in [5.41, 5.74) is 2.76. The van der Waals surface area contributed by atoms with Gasteiger partial charge in [-0.3, -0.25) is 4.79 Å². The maximum atomic E-state index is 12.8. The molecular formula is C20H28N6O. The first kappa shape index (κ1) is 18.9. The molecule has 0 spiro atoms. The molecule has 27 heavy (non-hydrogen) atoms. The van der Waals surface area contributed by atoms with Crippen LogP contribution in [-0.4, -0.2) is 67.6 Å². The number of hydrogen-bond acceptors (Lipinski definition) is 6. The Kier molecular flexibility index (Phi) is 5.78. The fraction of sp³-hybridized carbons (Fsp3) is 0.450. The maximum absolute atomic E-state index is 12.8. The summed E-state index contributed by atoms with van der Waals surface area (Å²) < 4.78 is 0. The Morgan fingerprint density at radius 3 is 2.37 bits per heavy atom. The first-order valence-corrected chi connectivity index (χ1v) is 9.39. The quantitative estimate of drug-likeness (QED) is 0.873. The van der Waals surface area contributed by atoms with Crippen molar-refractivity contribution in [2.24, 2.45) is 0 Å². The van der Waals surface area contributed by atoms with Gasteiger partial charge in [-0.15, -0.1) is 0 Å². The number of nitrogens with one attached hydrogen (secondary N) is 1. The van der Waals surface area contributed by atoms with Gasteiger partial charge in [-0.25, -0.2) is 4.98 Å². The summed E-state index contributed by atoms with van der Waals surface area (Å²) in [6.07, 6.45) is 0. The highest BCUT2D eigenvalue weighted by atomic mass is 16.2. The molecule has 1 fully saturated rings. The van der Waals surface area contributed by atoms with Gasteiger partial charge in [0, 0.05) is 69.8 Å². The Bertz CT molecular complexity index is 782. The molecule has 1 N–H and O–H groups in total. The van der Waals surface area contributed by atoms with E-state index in [0.717, 1.165) is 48.3 Å². The Morgan fingerprint density at radius 1 is 1.11 bits per heavy atom. The minimum atomic E-state index is 0.0819. The van der Waals surface area contributed by atoms with Gasteiger partial charge in [-0.05, 0) is 38.1 Å². The normalized spacial score (nSPS) is 14.2. The molecule has 1 aliphatic rings. The molecule has 144 valence electrons. The Morgan fingerprint density at radius 2 is 1.78 bits per heavy atom. The Balaban J connectivity index is 1.64. The number of nitrogens with zero attached hydrogens (tertiary/aromatic N) is 5. The number of benzene rings is 1. The largest absolute Gasteiger partial charge is 0.378 e. The van der Waals surface area contributed by atoms with Crippen molar-refractivity contribution in [2.75, 3.05) is 61.9 Å². The van der Waals surface area contributed by atoms with Crippen LogP contribution in [-0.2, 0) is 0 Å². The fourth-order valence-electron chi connectivity index (χ4n) is 3.16. The van der Waals surface area contributed by atoms with Gasteiger partial charge in [0.15, 0.2) is 0 Å². The summed E-state index contributed by atoms with van der Waals surface area (Å²) >= 11 is 0. The van der Waals surface area contributed by atoms with E-state index in [4.69, 9.17) is 0 Å². The molecule has 1 amide bonds. The standard InChI is InChI=1S/C20H28N6O/c1-5-21-18-14-15(2)22-20(23-18)26-12-10-25(11-13-26)19(27)16-6-8-17(9-7-16)24(3)4/h6-9,14H,5,10-13H2,1-4H3,(H,21,22,23). The Hall–Kier alpha value is -2.83. The summed E-state index contributed by atoms with van der Waals surface area (Å²) in [7, 11) is 3.98. The molecule has 2 heterocycles. The summed E-state index contributed by atoms with van der Waals surface area (Å²) in [5, 5.41) is 3.24. The molecule has 0 saturated carbocycles. The van der Waals surface area contributed by atoms with Gasteiger partial charge >= 0.3 is 0 Å². The second-order valence-corrected chi connectivity index (χ2v) is 6.95. The lowest BCUT2D eigenvalue weighted by atomic mass is 10.1. The number of piperazine rings is 1. The average Bonchev–Trinajstić information content (AvgIpc) is 2.67. The first-order chi connectivity index (χ1) is 13.0. The van der Waals surface area contributed by atoms with Gasteiger partial charge < -0.3 is 20.0 Å². The molecule has 1 aromatic heterocycles. The van der Waals surface area contributed by atoms with Crippen molar-refractivity contribution < 1.29 is 4.79 Å². The van der Waals surface area contributed by atoms with Crippen molar-refractivity contribution in [1.29, 1.82) is 0 Å². The highest BCUT2D eigenvalue weighted by molar-refractivity contribution is 5.94. The number of aromatic nitrogens is 2. The lowest BCUT2D eigenvalue weighted by Gasteiger charge is -2.35. The average molecular weight is 368 g/mol. The van der Waals surface area contributed by atoms with E-state index in [1.165, 1.54) is 0 Å². The second kappa shape index (κ2) is 8.24. The molecule has 7 nitrogen and oxygen atoms in total. The van der Waals surface area contributed by atoms with Crippen LogP contribution in [0.5, 0.6) is 0 Å². The van der Waals surface area contributed by atoms with Crippen LogP contribution in [0.3, 0.4) is 0 Å². The zero-order valence-corrected chi connectivity index (χ0v) is 16.6. The third-order valence-electron chi connectivity index (χ3n) is 4.68. The number of carbonyl (C=O) groups is 1. The van der Waals surface area contributed by atoms with Crippen molar-refractivity contribution in [3.05, 3.63) is 41.6 Å². The topological polar surface area (TPSA) is 64.6 Å². The smallest absolute Gasteiger partial charge is 0.253 e. The minimum Gasteiger partial charge on any atom is -0.378 e. The zero-order valence-electron chi connectivity index (χ0n) is 16.6. The van der Waals surface area contributed by atoms with Crippen molar-refractivity contribution in [2.45, 2.75) is 13.8 Å². The van der Waals surface area contributed by atoms with Gasteiger partial charge in [-0.1, -0.05) is 0 Å². The van der Waals surface area contributed by atoms with E-state index in [0.29, 0.717) is 13.1 Å². The highest BCUT2D eigenvalue weighted by Crippen LogP contribution is 2.18. The minimum absolute atomic E-state index is 0.0819. The molecule has 0 radical (unpaired) electrons. The molecule has 0 aliphatic carbocycles. The van der Waals surface area contributed by atoms with Crippen LogP contribution in [0, 0.1) is 6.92 Å². The van der Waals surface area contributed by atoms with Gasteiger partial charge in [0.25, 0.3) is 5.91 Å². The van der Waals surface area contributed by atoms with Crippen LogP contribution >= 0.6 is 0 Å². The Labute approximate surface area is 161 Å². The third-order valence-corrected chi connectivity index (χ3v) is 4.68. The molecular weight excluding hydrogens is 340 g/mol. The number of hydrogen-bond donors (Lipinski definition) is 1. The molecule has 0 atom stereocenters. The summed E-state index contributed by atoms with van der Waals surface area (Å²) in [6, 6.07) is 9.70. The van der Waals surface area contributed by atoms with Crippen molar-refractivity contribution >= 4 is 23.4 Å². The van der Waals surface area contributed by atoms with Crippen LogP contribution < -0.4 is 15.1 Å². The highest BCUT2D eigenvalue weighted by Gasteiger charge is 2.24. The number of amides is 1. The molecule has 0 bridgehead atoms. The third kappa shape index (κ3) is 4.48. The maximum Gasteiger partial charge on any atom is 0.253 e. The SMILES string of the molecule is CCNc1cc(C)nc(N2CCN(C(=O)c3ccc(N(C)C)cc3)CC2)n1. The number of anilines is 3. The predicted molar refractivity (Wildman–Crippen MR) is 110 cm³/mol. The van der Waals surface area contributed by atoms with Gasteiger partial charge in [-0.2, -0.15) is 4.98 Å².